The summed E-state index contributed by atoms with van der Waals surface area (Å²) in [6.07, 6.45) is 0. The standard InChI is InChI=1S/C10H11FN2O3/c1-12-10(16)7-3-2-6(4-8(7)11)13-5-9(14)15/h2-4,13H,5H2,1H3,(H,12,16)(H,14,15). The number of hydrogen-bond acceptors (Lipinski definition) is 3. The third-order valence-electron chi connectivity index (χ3n) is 1.88. The van der Waals surface area contributed by atoms with Gasteiger partial charge >= 0.3 is 5.97 Å². The van der Waals surface area contributed by atoms with Crippen molar-refractivity contribution in [2.24, 2.45) is 0 Å². The van der Waals surface area contributed by atoms with E-state index in [2.05, 4.69) is 10.6 Å². The minimum atomic E-state index is -1.05. The SMILES string of the molecule is CNC(=O)c1ccc(NCC(=O)O)cc1F. The third-order valence-corrected chi connectivity index (χ3v) is 1.88. The first-order valence-electron chi connectivity index (χ1n) is 4.52. The summed E-state index contributed by atoms with van der Waals surface area (Å²) in [5.74, 6) is -2.27. The molecule has 0 aliphatic carbocycles. The lowest BCUT2D eigenvalue weighted by atomic mass is 10.2. The van der Waals surface area contributed by atoms with Gasteiger partial charge in [-0.2, -0.15) is 0 Å². The molecular formula is C10H11FN2O3. The van der Waals surface area contributed by atoms with Crippen LogP contribution in [0.4, 0.5) is 10.1 Å². The summed E-state index contributed by atoms with van der Waals surface area (Å²) in [6.45, 7) is -0.307. The van der Waals surface area contributed by atoms with Gasteiger partial charge in [0.25, 0.3) is 5.91 Å². The second-order valence-electron chi connectivity index (χ2n) is 3.02. The van der Waals surface area contributed by atoms with Crippen LogP contribution in [0, 0.1) is 5.82 Å². The van der Waals surface area contributed by atoms with Crippen LogP contribution in [0.15, 0.2) is 18.2 Å². The number of carbonyl (C=O) groups excluding carboxylic acids is 1. The van der Waals surface area contributed by atoms with Crippen LogP contribution in [0.5, 0.6) is 0 Å². The highest BCUT2D eigenvalue weighted by Crippen LogP contribution is 2.14. The third kappa shape index (κ3) is 2.94. The summed E-state index contributed by atoms with van der Waals surface area (Å²) in [5.41, 5.74) is 0.232. The van der Waals surface area contributed by atoms with Crippen LogP contribution in [0.1, 0.15) is 10.4 Å². The first kappa shape index (κ1) is 12.0. The van der Waals surface area contributed by atoms with E-state index in [1.165, 1.54) is 19.2 Å². The Morgan fingerprint density at radius 2 is 2.12 bits per heavy atom. The largest absolute Gasteiger partial charge is 0.480 e. The maximum atomic E-state index is 13.4. The Labute approximate surface area is 91.3 Å². The molecule has 0 fully saturated rings. The minimum absolute atomic E-state index is 0.0802. The molecule has 0 aliphatic heterocycles. The van der Waals surface area contributed by atoms with Crippen LogP contribution in [0.3, 0.4) is 0 Å². The molecule has 1 amide bonds. The minimum Gasteiger partial charge on any atom is -0.480 e. The van der Waals surface area contributed by atoms with E-state index in [1.54, 1.807) is 0 Å². The van der Waals surface area contributed by atoms with Crippen LogP contribution in [0.25, 0.3) is 0 Å². The average molecular weight is 226 g/mol. The fourth-order valence-corrected chi connectivity index (χ4v) is 1.12. The van der Waals surface area contributed by atoms with Crippen molar-refractivity contribution in [3.8, 4) is 0 Å². The van der Waals surface area contributed by atoms with Gasteiger partial charge in [0.15, 0.2) is 0 Å². The van der Waals surface area contributed by atoms with Gasteiger partial charge in [0.2, 0.25) is 0 Å². The number of carboxylic acid groups (broad SMARTS) is 1. The van der Waals surface area contributed by atoms with Crippen LogP contribution < -0.4 is 10.6 Å². The number of carboxylic acids is 1. The van der Waals surface area contributed by atoms with Crippen molar-refractivity contribution < 1.29 is 19.1 Å². The van der Waals surface area contributed by atoms with E-state index in [9.17, 15) is 14.0 Å². The summed E-state index contributed by atoms with van der Waals surface area (Å²) in [4.78, 5) is 21.4. The average Bonchev–Trinajstić information content (AvgIpc) is 2.25. The molecule has 0 saturated heterocycles. The van der Waals surface area contributed by atoms with Gasteiger partial charge < -0.3 is 15.7 Å². The Kier molecular flexibility index (Phi) is 3.82. The van der Waals surface area contributed by atoms with Gasteiger partial charge in [-0.3, -0.25) is 9.59 Å². The highest BCUT2D eigenvalue weighted by molar-refractivity contribution is 5.94. The summed E-state index contributed by atoms with van der Waals surface area (Å²) in [7, 11) is 1.40. The zero-order valence-electron chi connectivity index (χ0n) is 8.58. The molecule has 0 spiro atoms. The van der Waals surface area contributed by atoms with E-state index < -0.39 is 17.7 Å². The molecule has 16 heavy (non-hydrogen) atoms. The molecule has 0 unspecified atom stereocenters. The zero-order valence-corrected chi connectivity index (χ0v) is 8.58. The Hall–Kier alpha value is -2.11. The molecule has 0 aromatic heterocycles. The Balaban J connectivity index is 2.82. The Morgan fingerprint density at radius 1 is 1.44 bits per heavy atom. The Bertz CT molecular complexity index is 421. The first-order valence-corrected chi connectivity index (χ1v) is 4.52. The first-order chi connectivity index (χ1) is 7.54. The molecule has 5 nitrogen and oxygen atoms in total. The van der Waals surface area contributed by atoms with Crippen LogP contribution in [-0.2, 0) is 4.79 Å². The van der Waals surface area contributed by atoms with Gasteiger partial charge in [0.1, 0.15) is 12.4 Å². The van der Waals surface area contributed by atoms with Gasteiger partial charge in [0.05, 0.1) is 5.56 Å². The molecule has 0 radical (unpaired) electrons. The second kappa shape index (κ2) is 5.11. The molecule has 0 aliphatic rings. The van der Waals surface area contributed by atoms with Crippen molar-refractivity contribution in [1.82, 2.24) is 5.32 Å². The van der Waals surface area contributed by atoms with Gasteiger partial charge in [-0.15, -0.1) is 0 Å². The normalized spacial score (nSPS) is 9.62. The van der Waals surface area contributed by atoms with Gasteiger partial charge in [-0.1, -0.05) is 0 Å². The Morgan fingerprint density at radius 3 is 2.62 bits per heavy atom. The number of rotatable bonds is 4. The highest BCUT2D eigenvalue weighted by atomic mass is 19.1. The van der Waals surface area contributed by atoms with E-state index in [4.69, 9.17) is 5.11 Å². The van der Waals surface area contributed by atoms with Crippen molar-refractivity contribution in [2.45, 2.75) is 0 Å². The molecule has 0 atom stereocenters. The van der Waals surface area contributed by atoms with Gasteiger partial charge in [-0.05, 0) is 18.2 Å². The molecule has 0 heterocycles. The van der Waals surface area contributed by atoms with Crippen LogP contribution >= 0.6 is 0 Å². The van der Waals surface area contributed by atoms with E-state index in [0.717, 1.165) is 6.07 Å². The quantitative estimate of drug-likeness (QED) is 0.705. The smallest absolute Gasteiger partial charge is 0.322 e. The fraction of sp³-hybridized carbons (Fsp3) is 0.200. The van der Waals surface area contributed by atoms with Crippen molar-refractivity contribution in [2.75, 3.05) is 18.9 Å². The molecule has 86 valence electrons. The maximum Gasteiger partial charge on any atom is 0.322 e. The van der Waals surface area contributed by atoms with E-state index in [0.29, 0.717) is 5.69 Å². The van der Waals surface area contributed by atoms with Crippen molar-refractivity contribution in [1.29, 1.82) is 0 Å². The molecular weight excluding hydrogens is 215 g/mol. The maximum absolute atomic E-state index is 13.4. The number of aliphatic carboxylic acids is 1. The molecule has 0 saturated carbocycles. The number of benzene rings is 1. The number of halogens is 1. The van der Waals surface area contributed by atoms with Crippen LogP contribution in [-0.4, -0.2) is 30.6 Å². The lowest BCUT2D eigenvalue weighted by Crippen LogP contribution is -2.19. The molecule has 0 bridgehead atoms. The van der Waals surface area contributed by atoms with Crippen LogP contribution in [0.2, 0.25) is 0 Å². The zero-order chi connectivity index (χ0) is 12.1. The molecule has 6 heteroatoms. The summed E-state index contributed by atoms with van der Waals surface area (Å²) in [6, 6.07) is 3.81. The predicted octanol–water partition coefficient (Wildman–Crippen LogP) is 0.682. The highest BCUT2D eigenvalue weighted by Gasteiger charge is 2.10. The predicted molar refractivity (Wildman–Crippen MR) is 55.9 cm³/mol. The summed E-state index contributed by atoms with van der Waals surface area (Å²) >= 11 is 0. The monoisotopic (exact) mass is 226 g/mol. The lowest BCUT2D eigenvalue weighted by molar-refractivity contribution is -0.134. The second-order valence-corrected chi connectivity index (χ2v) is 3.02. The van der Waals surface area contributed by atoms with Crippen molar-refractivity contribution in [3.63, 3.8) is 0 Å². The number of carbonyl (C=O) groups is 2. The topological polar surface area (TPSA) is 78.4 Å². The summed E-state index contributed by atoms with van der Waals surface area (Å²) in [5, 5.41) is 13.2. The van der Waals surface area contributed by atoms with E-state index in [-0.39, 0.29) is 12.1 Å². The van der Waals surface area contributed by atoms with Crippen molar-refractivity contribution in [3.05, 3.63) is 29.6 Å². The summed E-state index contributed by atoms with van der Waals surface area (Å²) < 4.78 is 13.4. The van der Waals surface area contributed by atoms with Gasteiger partial charge in [-0.25, -0.2) is 4.39 Å². The van der Waals surface area contributed by atoms with Crippen molar-refractivity contribution >= 4 is 17.6 Å². The van der Waals surface area contributed by atoms with E-state index in [1.807, 2.05) is 0 Å². The molecule has 1 rings (SSSR count). The van der Waals surface area contributed by atoms with E-state index >= 15 is 0 Å². The fourth-order valence-electron chi connectivity index (χ4n) is 1.12. The lowest BCUT2D eigenvalue weighted by Gasteiger charge is -2.06. The number of nitrogens with one attached hydrogen (secondary N) is 2. The van der Waals surface area contributed by atoms with Gasteiger partial charge in [0, 0.05) is 12.7 Å². The molecule has 1 aromatic carbocycles. The number of hydrogen-bond donors (Lipinski definition) is 3. The number of amides is 1. The molecule has 3 N–H and O–H groups in total. The molecule has 1 aromatic rings. The number of anilines is 1.